The second kappa shape index (κ2) is 9.82. The Balaban J connectivity index is 1.75. The standard InChI is InChI=1S/C23H25FN4O2/c1-3-4-6-17-9-11-19(12-10-17)26-21(29)15-28-22(30)13-16(2)25-23(28)27-20-8-5-7-18(24)14-20/h5,7-14H,3-4,6,15H2,1-2H3,(H,25,27)(H,26,29). The van der Waals surface area contributed by atoms with Gasteiger partial charge in [0.25, 0.3) is 5.56 Å². The van der Waals surface area contributed by atoms with Crippen LogP contribution in [0.3, 0.4) is 0 Å². The summed E-state index contributed by atoms with van der Waals surface area (Å²) in [6.45, 7) is 3.61. The largest absolute Gasteiger partial charge is 0.325 e. The van der Waals surface area contributed by atoms with Crippen LogP contribution in [0.5, 0.6) is 0 Å². The summed E-state index contributed by atoms with van der Waals surface area (Å²) in [4.78, 5) is 29.3. The van der Waals surface area contributed by atoms with Crippen LogP contribution in [0.1, 0.15) is 31.0 Å². The van der Waals surface area contributed by atoms with Gasteiger partial charge in [0.05, 0.1) is 0 Å². The Kier molecular flexibility index (Phi) is 6.95. The van der Waals surface area contributed by atoms with Gasteiger partial charge >= 0.3 is 0 Å². The van der Waals surface area contributed by atoms with Crippen LogP contribution in [0.2, 0.25) is 0 Å². The van der Waals surface area contributed by atoms with E-state index in [9.17, 15) is 14.0 Å². The molecule has 0 spiro atoms. The minimum Gasteiger partial charge on any atom is -0.325 e. The maximum atomic E-state index is 13.5. The zero-order valence-electron chi connectivity index (χ0n) is 17.1. The molecule has 0 fully saturated rings. The smallest absolute Gasteiger partial charge is 0.255 e. The average molecular weight is 408 g/mol. The van der Waals surface area contributed by atoms with Crippen molar-refractivity contribution in [3.05, 3.63) is 82.0 Å². The van der Waals surface area contributed by atoms with E-state index in [1.54, 1.807) is 19.1 Å². The molecule has 1 aromatic heterocycles. The summed E-state index contributed by atoms with van der Waals surface area (Å²) >= 11 is 0. The molecule has 1 amide bonds. The molecule has 0 saturated heterocycles. The SMILES string of the molecule is CCCCc1ccc(NC(=O)Cn2c(Nc3cccc(F)c3)nc(C)cc2=O)cc1. The lowest BCUT2D eigenvalue weighted by Crippen LogP contribution is -2.30. The molecule has 156 valence electrons. The van der Waals surface area contributed by atoms with Gasteiger partial charge in [0, 0.05) is 23.1 Å². The Morgan fingerprint density at radius 1 is 1.10 bits per heavy atom. The van der Waals surface area contributed by atoms with E-state index in [-0.39, 0.29) is 24.0 Å². The van der Waals surface area contributed by atoms with Crippen molar-refractivity contribution in [2.24, 2.45) is 0 Å². The van der Waals surface area contributed by atoms with Crippen molar-refractivity contribution >= 4 is 23.2 Å². The van der Waals surface area contributed by atoms with Crippen LogP contribution >= 0.6 is 0 Å². The Labute approximate surface area is 174 Å². The molecule has 6 nitrogen and oxygen atoms in total. The summed E-state index contributed by atoms with van der Waals surface area (Å²) in [7, 11) is 0. The average Bonchev–Trinajstić information content (AvgIpc) is 2.70. The number of carbonyl (C=O) groups is 1. The number of hydrogen-bond acceptors (Lipinski definition) is 4. The Hall–Kier alpha value is -3.48. The van der Waals surface area contributed by atoms with Crippen LogP contribution in [-0.4, -0.2) is 15.5 Å². The topological polar surface area (TPSA) is 76.0 Å². The van der Waals surface area contributed by atoms with Crippen molar-refractivity contribution in [1.82, 2.24) is 9.55 Å². The summed E-state index contributed by atoms with van der Waals surface area (Å²) in [5, 5.41) is 5.72. The molecule has 0 aliphatic carbocycles. The van der Waals surface area contributed by atoms with Gasteiger partial charge in [0.1, 0.15) is 12.4 Å². The number of rotatable bonds is 8. The van der Waals surface area contributed by atoms with Gasteiger partial charge in [-0.3, -0.25) is 14.2 Å². The first-order chi connectivity index (χ1) is 14.4. The normalized spacial score (nSPS) is 10.6. The molecule has 0 aliphatic rings. The number of aromatic nitrogens is 2. The van der Waals surface area contributed by atoms with E-state index < -0.39 is 5.82 Å². The molecule has 2 N–H and O–H groups in total. The molecule has 30 heavy (non-hydrogen) atoms. The van der Waals surface area contributed by atoms with Gasteiger partial charge in [-0.25, -0.2) is 9.37 Å². The highest BCUT2D eigenvalue weighted by atomic mass is 19.1. The number of nitrogens with one attached hydrogen (secondary N) is 2. The lowest BCUT2D eigenvalue weighted by molar-refractivity contribution is -0.116. The van der Waals surface area contributed by atoms with E-state index in [0.717, 1.165) is 19.3 Å². The minimum atomic E-state index is -0.415. The second-order valence-electron chi connectivity index (χ2n) is 7.13. The third kappa shape index (κ3) is 5.76. The summed E-state index contributed by atoms with van der Waals surface area (Å²) in [5.74, 6) is -0.594. The van der Waals surface area contributed by atoms with E-state index in [4.69, 9.17) is 0 Å². The highest BCUT2D eigenvalue weighted by molar-refractivity contribution is 5.90. The van der Waals surface area contributed by atoms with Crippen molar-refractivity contribution in [2.75, 3.05) is 10.6 Å². The summed E-state index contributed by atoms with van der Waals surface area (Å²) in [5.41, 5.74) is 2.44. The molecule has 0 unspecified atom stereocenters. The maximum Gasteiger partial charge on any atom is 0.255 e. The van der Waals surface area contributed by atoms with Crippen LogP contribution in [0.25, 0.3) is 0 Å². The fraction of sp³-hybridized carbons (Fsp3) is 0.261. The molecule has 7 heteroatoms. The summed E-state index contributed by atoms with van der Waals surface area (Å²) in [6.07, 6.45) is 3.25. The van der Waals surface area contributed by atoms with Gasteiger partial charge in [-0.2, -0.15) is 0 Å². The molecule has 2 aromatic carbocycles. The monoisotopic (exact) mass is 408 g/mol. The highest BCUT2D eigenvalue weighted by Gasteiger charge is 2.12. The van der Waals surface area contributed by atoms with Crippen molar-refractivity contribution in [2.45, 2.75) is 39.7 Å². The van der Waals surface area contributed by atoms with E-state index in [1.807, 2.05) is 24.3 Å². The fourth-order valence-corrected chi connectivity index (χ4v) is 3.04. The number of amides is 1. The van der Waals surface area contributed by atoms with Crippen LogP contribution < -0.4 is 16.2 Å². The van der Waals surface area contributed by atoms with Gasteiger partial charge in [0.2, 0.25) is 11.9 Å². The number of nitrogens with zero attached hydrogens (tertiary/aromatic N) is 2. The molecule has 0 bridgehead atoms. The van der Waals surface area contributed by atoms with Gasteiger partial charge in [-0.05, 0) is 55.7 Å². The Morgan fingerprint density at radius 3 is 2.57 bits per heavy atom. The van der Waals surface area contributed by atoms with E-state index in [1.165, 1.54) is 28.3 Å². The predicted molar refractivity (Wildman–Crippen MR) is 117 cm³/mol. The minimum absolute atomic E-state index is 0.177. The molecule has 0 saturated carbocycles. The summed E-state index contributed by atoms with van der Waals surface area (Å²) in [6, 6.07) is 14.9. The Morgan fingerprint density at radius 2 is 1.87 bits per heavy atom. The van der Waals surface area contributed by atoms with E-state index >= 15 is 0 Å². The van der Waals surface area contributed by atoms with E-state index in [0.29, 0.717) is 17.1 Å². The number of anilines is 3. The lowest BCUT2D eigenvalue weighted by atomic mass is 10.1. The summed E-state index contributed by atoms with van der Waals surface area (Å²) < 4.78 is 14.7. The van der Waals surface area contributed by atoms with Gasteiger partial charge < -0.3 is 10.6 Å². The van der Waals surface area contributed by atoms with Crippen LogP contribution in [0.4, 0.5) is 21.7 Å². The first-order valence-electron chi connectivity index (χ1n) is 9.94. The number of benzene rings is 2. The third-order valence-electron chi connectivity index (χ3n) is 4.58. The van der Waals surface area contributed by atoms with Crippen LogP contribution in [0, 0.1) is 12.7 Å². The third-order valence-corrected chi connectivity index (χ3v) is 4.58. The molecule has 0 atom stereocenters. The van der Waals surface area contributed by atoms with Crippen molar-refractivity contribution in [1.29, 1.82) is 0 Å². The predicted octanol–water partition coefficient (Wildman–Crippen LogP) is 4.42. The van der Waals surface area contributed by atoms with Crippen molar-refractivity contribution < 1.29 is 9.18 Å². The first-order valence-corrected chi connectivity index (χ1v) is 9.94. The molecule has 1 heterocycles. The molecule has 3 rings (SSSR count). The molecular formula is C23H25FN4O2. The fourth-order valence-electron chi connectivity index (χ4n) is 3.04. The number of carbonyl (C=O) groups excluding carboxylic acids is 1. The molecular weight excluding hydrogens is 383 g/mol. The lowest BCUT2D eigenvalue weighted by Gasteiger charge is -2.14. The molecule has 0 aliphatic heterocycles. The Bertz CT molecular complexity index is 1080. The number of hydrogen-bond donors (Lipinski definition) is 2. The zero-order chi connectivity index (χ0) is 21.5. The van der Waals surface area contributed by atoms with Crippen LogP contribution in [-0.2, 0) is 17.8 Å². The zero-order valence-corrected chi connectivity index (χ0v) is 17.1. The van der Waals surface area contributed by atoms with Crippen molar-refractivity contribution in [3.8, 4) is 0 Å². The van der Waals surface area contributed by atoms with E-state index in [2.05, 4.69) is 22.5 Å². The maximum absolute atomic E-state index is 13.5. The van der Waals surface area contributed by atoms with Gasteiger partial charge in [0.15, 0.2) is 0 Å². The molecule has 3 aromatic rings. The van der Waals surface area contributed by atoms with Gasteiger partial charge in [-0.1, -0.05) is 31.5 Å². The quantitative estimate of drug-likeness (QED) is 0.579. The first kappa shape index (κ1) is 21.2. The second-order valence-corrected chi connectivity index (χ2v) is 7.13. The number of unbranched alkanes of at least 4 members (excludes halogenated alkanes) is 1. The van der Waals surface area contributed by atoms with Gasteiger partial charge in [-0.15, -0.1) is 0 Å². The van der Waals surface area contributed by atoms with Crippen LogP contribution in [0.15, 0.2) is 59.4 Å². The van der Waals surface area contributed by atoms with Crippen molar-refractivity contribution in [3.63, 3.8) is 0 Å². The number of aryl methyl sites for hydroxylation is 2. The molecule has 0 radical (unpaired) electrons. The highest BCUT2D eigenvalue weighted by Crippen LogP contribution is 2.16. The number of halogens is 1.